The Morgan fingerprint density at radius 3 is 2.56 bits per heavy atom. The van der Waals surface area contributed by atoms with E-state index in [2.05, 4.69) is 0 Å². The van der Waals surface area contributed by atoms with Crippen molar-refractivity contribution in [3.63, 3.8) is 0 Å². The van der Waals surface area contributed by atoms with Gasteiger partial charge >= 0.3 is 5.97 Å². The van der Waals surface area contributed by atoms with Gasteiger partial charge in [-0.2, -0.15) is 0 Å². The van der Waals surface area contributed by atoms with Gasteiger partial charge in [-0.25, -0.2) is 4.79 Å². The highest BCUT2D eigenvalue weighted by molar-refractivity contribution is 8.13. The summed E-state index contributed by atoms with van der Waals surface area (Å²) in [4.78, 5) is 25.7. The molecule has 0 fully saturated rings. The van der Waals surface area contributed by atoms with Crippen LogP contribution in [0.4, 0.5) is 4.79 Å². The van der Waals surface area contributed by atoms with Crippen molar-refractivity contribution in [1.82, 2.24) is 4.90 Å². The molecule has 0 radical (unpaired) electrons. The fraction of sp³-hybridized carbons (Fsp3) is 0.385. The molecule has 0 atom stereocenters. The molecule has 0 saturated heterocycles. The van der Waals surface area contributed by atoms with Gasteiger partial charge in [-0.05, 0) is 37.2 Å². The van der Waals surface area contributed by atoms with E-state index in [4.69, 9.17) is 4.74 Å². The Kier molecular flexibility index (Phi) is 5.22. The van der Waals surface area contributed by atoms with Gasteiger partial charge in [0.1, 0.15) is 0 Å². The highest BCUT2D eigenvalue weighted by Crippen LogP contribution is 2.27. The van der Waals surface area contributed by atoms with Crippen molar-refractivity contribution in [3.8, 4) is 0 Å². The number of hydrogen-bond donors (Lipinski definition) is 0. The summed E-state index contributed by atoms with van der Waals surface area (Å²) in [6, 6.07) is 5.41. The lowest BCUT2D eigenvalue weighted by atomic mass is 10.1. The zero-order valence-corrected chi connectivity index (χ0v) is 11.8. The third-order valence-electron chi connectivity index (χ3n) is 2.28. The number of amides is 1. The molecule has 1 aromatic rings. The molecule has 0 aliphatic carbocycles. The van der Waals surface area contributed by atoms with Crippen LogP contribution in [-0.4, -0.2) is 36.8 Å². The van der Waals surface area contributed by atoms with E-state index in [9.17, 15) is 9.59 Å². The van der Waals surface area contributed by atoms with Crippen LogP contribution in [0.3, 0.4) is 0 Å². The van der Waals surface area contributed by atoms with Crippen LogP contribution in [0, 0.1) is 6.92 Å². The second kappa shape index (κ2) is 6.44. The summed E-state index contributed by atoms with van der Waals surface area (Å²) in [7, 11) is 3.35. The summed E-state index contributed by atoms with van der Waals surface area (Å²) in [5, 5.41) is -0.119. The maximum Gasteiger partial charge on any atom is 0.339 e. The van der Waals surface area contributed by atoms with E-state index < -0.39 is 0 Å². The van der Waals surface area contributed by atoms with Crippen LogP contribution in [0.15, 0.2) is 23.1 Å². The molecule has 0 aliphatic rings. The maximum atomic E-state index is 11.9. The van der Waals surface area contributed by atoms with Gasteiger partial charge in [-0.1, -0.05) is 12.1 Å². The lowest BCUT2D eigenvalue weighted by Gasteiger charge is -2.13. The van der Waals surface area contributed by atoms with E-state index in [1.165, 1.54) is 4.90 Å². The van der Waals surface area contributed by atoms with Crippen molar-refractivity contribution in [3.05, 3.63) is 29.3 Å². The molecule has 0 N–H and O–H groups in total. The van der Waals surface area contributed by atoms with Crippen molar-refractivity contribution >= 4 is 23.0 Å². The topological polar surface area (TPSA) is 46.6 Å². The SMILES string of the molecule is CCOC(=O)c1c(C)cccc1SC(=O)N(C)C. The molecule has 4 nitrogen and oxygen atoms in total. The van der Waals surface area contributed by atoms with Crippen molar-refractivity contribution < 1.29 is 14.3 Å². The molecule has 1 rings (SSSR count). The standard InChI is InChI=1S/C13H17NO3S/c1-5-17-12(15)11-9(2)7-6-8-10(11)18-13(16)14(3)4/h6-8H,5H2,1-4H3. The molecule has 1 aromatic carbocycles. The molecule has 0 unspecified atom stereocenters. The third kappa shape index (κ3) is 3.50. The quantitative estimate of drug-likeness (QED) is 0.624. The van der Waals surface area contributed by atoms with Crippen molar-refractivity contribution in [2.75, 3.05) is 20.7 Å². The van der Waals surface area contributed by atoms with Crippen LogP contribution in [0.5, 0.6) is 0 Å². The third-order valence-corrected chi connectivity index (χ3v) is 3.38. The number of rotatable bonds is 3. The normalized spacial score (nSPS) is 10.0. The second-order valence-electron chi connectivity index (χ2n) is 3.93. The zero-order valence-electron chi connectivity index (χ0n) is 11.0. The Labute approximate surface area is 111 Å². The zero-order chi connectivity index (χ0) is 13.7. The predicted octanol–water partition coefficient (Wildman–Crippen LogP) is 2.95. The molecular weight excluding hydrogens is 250 g/mol. The van der Waals surface area contributed by atoms with Gasteiger partial charge < -0.3 is 9.64 Å². The largest absolute Gasteiger partial charge is 0.462 e. The number of hydrogen-bond acceptors (Lipinski definition) is 4. The summed E-state index contributed by atoms with van der Waals surface area (Å²) in [5.74, 6) is -0.385. The van der Waals surface area contributed by atoms with Gasteiger partial charge in [0.15, 0.2) is 0 Å². The molecule has 0 heterocycles. The van der Waals surface area contributed by atoms with Gasteiger partial charge in [0.25, 0.3) is 5.24 Å². The number of nitrogens with zero attached hydrogens (tertiary/aromatic N) is 1. The Balaban J connectivity index is 3.08. The molecular formula is C13H17NO3S. The van der Waals surface area contributed by atoms with Crippen molar-refractivity contribution in [1.29, 1.82) is 0 Å². The Hall–Kier alpha value is -1.49. The Morgan fingerprint density at radius 1 is 1.33 bits per heavy atom. The molecule has 0 bridgehead atoms. The van der Waals surface area contributed by atoms with Crippen LogP contribution in [0.2, 0.25) is 0 Å². The smallest absolute Gasteiger partial charge is 0.339 e. The number of ether oxygens (including phenoxy) is 1. The van der Waals surface area contributed by atoms with Crippen molar-refractivity contribution in [2.24, 2.45) is 0 Å². The van der Waals surface area contributed by atoms with Gasteiger partial charge in [0.05, 0.1) is 12.2 Å². The first-order valence-corrected chi connectivity index (χ1v) is 6.44. The lowest BCUT2D eigenvalue weighted by molar-refractivity contribution is 0.0521. The first kappa shape index (κ1) is 14.6. The highest BCUT2D eigenvalue weighted by Gasteiger charge is 2.18. The average molecular weight is 267 g/mol. The maximum absolute atomic E-state index is 11.9. The van der Waals surface area contributed by atoms with E-state index in [0.29, 0.717) is 17.1 Å². The summed E-state index contributed by atoms with van der Waals surface area (Å²) in [6.45, 7) is 3.91. The Morgan fingerprint density at radius 2 is 2.00 bits per heavy atom. The summed E-state index contributed by atoms with van der Waals surface area (Å²) >= 11 is 1.03. The van der Waals surface area contributed by atoms with Gasteiger partial charge in [0.2, 0.25) is 0 Å². The fourth-order valence-electron chi connectivity index (χ4n) is 1.38. The second-order valence-corrected chi connectivity index (χ2v) is 4.92. The minimum Gasteiger partial charge on any atom is -0.462 e. The van der Waals surface area contributed by atoms with Crippen molar-refractivity contribution in [2.45, 2.75) is 18.7 Å². The van der Waals surface area contributed by atoms with E-state index in [-0.39, 0.29) is 11.2 Å². The molecule has 0 saturated carbocycles. The number of thioether (sulfide) groups is 1. The van der Waals surface area contributed by atoms with E-state index in [0.717, 1.165) is 17.3 Å². The lowest BCUT2D eigenvalue weighted by Crippen LogP contribution is -2.17. The molecule has 0 aliphatic heterocycles. The summed E-state index contributed by atoms with van der Waals surface area (Å²) in [6.07, 6.45) is 0. The summed E-state index contributed by atoms with van der Waals surface area (Å²) < 4.78 is 5.01. The number of benzene rings is 1. The molecule has 5 heteroatoms. The van der Waals surface area contributed by atoms with Crippen LogP contribution in [-0.2, 0) is 4.74 Å². The van der Waals surface area contributed by atoms with Gasteiger partial charge in [-0.3, -0.25) is 4.79 Å². The van der Waals surface area contributed by atoms with Crippen LogP contribution in [0.25, 0.3) is 0 Å². The highest BCUT2D eigenvalue weighted by atomic mass is 32.2. The predicted molar refractivity (Wildman–Crippen MR) is 72.1 cm³/mol. The average Bonchev–Trinajstić information content (AvgIpc) is 2.29. The molecule has 1 amide bonds. The van der Waals surface area contributed by atoms with Crippen LogP contribution >= 0.6 is 11.8 Å². The first-order chi connectivity index (χ1) is 8.47. The van der Waals surface area contributed by atoms with Crippen LogP contribution < -0.4 is 0 Å². The number of carbonyl (C=O) groups excluding carboxylic acids is 2. The fourth-order valence-corrected chi connectivity index (χ4v) is 2.24. The number of aryl methyl sites for hydroxylation is 1. The molecule has 98 valence electrons. The monoisotopic (exact) mass is 267 g/mol. The minimum absolute atomic E-state index is 0.119. The van der Waals surface area contributed by atoms with E-state index >= 15 is 0 Å². The number of esters is 1. The van der Waals surface area contributed by atoms with E-state index in [1.54, 1.807) is 27.1 Å². The summed E-state index contributed by atoms with van der Waals surface area (Å²) in [5.41, 5.74) is 1.28. The van der Waals surface area contributed by atoms with Gasteiger partial charge in [-0.15, -0.1) is 0 Å². The minimum atomic E-state index is -0.385. The molecule has 0 aromatic heterocycles. The first-order valence-electron chi connectivity index (χ1n) is 5.63. The van der Waals surface area contributed by atoms with Gasteiger partial charge in [0, 0.05) is 19.0 Å². The molecule has 18 heavy (non-hydrogen) atoms. The van der Waals surface area contributed by atoms with E-state index in [1.807, 2.05) is 19.1 Å². The number of carbonyl (C=O) groups is 2. The Bertz CT molecular complexity index is 458. The van der Waals surface area contributed by atoms with Crippen LogP contribution in [0.1, 0.15) is 22.8 Å². The molecule has 0 spiro atoms.